The zero-order chi connectivity index (χ0) is 14.2. The molecule has 108 valence electrons. The zero-order valence-corrected chi connectivity index (χ0v) is 12.0. The Labute approximate surface area is 114 Å². The van der Waals surface area contributed by atoms with Crippen LogP contribution in [0, 0.1) is 23.7 Å². The minimum atomic E-state index is -0.788. The maximum atomic E-state index is 12.4. The number of carbonyl (C=O) groups excluding carboxylic acids is 1. The molecule has 19 heavy (non-hydrogen) atoms. The molecule has 2 rings (SSSR count). The number of amides is 2. The fraction of sp³-hybridized carbons (Fsp3) is 0.857. The van der Waals surface area contributed by atoms with Crippen LogP contribution in [0.15, 0.2) is 0 Å². The van der Waals surface area contributed by atoms with Gasteiger partial charge in [0.15, 0.2) is 0 Å². The molecule has 3 atom stereocenters. The molecule has 0 aromatic heterocycles. The molecule has 2 aliphatic rings. The van der Waals surface area contributed by atoms with Crippen LogP contribution in [0.4, 0.5) is 4.79 Å². The van der Waals surface area contributed by atoms with E-state index in [9.17, 15) is 9.59 Å². The van der Waals surface area contributed by atoms with E-state index in [0.717, 1.165) is 19.5 Å². The molecule has 2 amide bonds. The van der Waals surface area contributed by atoms with Gasteiger partial charge in [-0.25, -0.2) is 4.79 Å². The number of rotatable bonds is 2. The van der Waals surface area contributed by atoms with E-state index in [0.29, 0.717) is 24.9 Å². The molecule has 2 saturated heterocycles. The molecular weight excluding hydrogens is 244 g/mol. The Balaban J connectivity index is 1.93. The molecule has 5 heteroatoms. The lowest BCUT2D eigenvalue weighted by Crippen LogP contribution is -2.41. The monoisotopic (exact) mass is 268 g/mol. The van der Waals surface area contributed by atoms with Crippen molar-refractivity contribution in [1.29, 1.82) is 0 Å². The lowest BCUT2D eigenvalue weighted by atomic mass is 9.95. The van der Waals surface area contributed by atoms with Gasteiger partial charge in [0.2, 0.25) is 0 Å². The van der Waals surface area contributed by atoms with E-state index in [-0.39, 0.29) is 11.9 Å². The van der Waals surface area contributed by atoms with Crippen molar-refractivity contribution in [3.63, 3.8) is 0 Å². The average Bonchev–Trinajstić information content (AvgIpc) is 2.94. The summed E-state index contributed by atoms with van der Waals surface area (Å²) >= 11 is 0. The number of aliphatic carboxylic acids is 1. The number of hydrogen-bond acceptors (Lipinski definition) is 2. The van der Waals surface area contributed by atoms with E-state index >= 15 is 0 Å². The molecular formula is C14H24N2O3. The third-order valence-corrected chi connectivity index (χ3v) is 4.64. The predicted molar refractivity (Wildman–Crippen MR) is 71.8 cm³/mol. The fourth-order valence-corrected chi connectivity index (χ4v) is 3.15. The SMILES string of the molecule is CC(C)C1CCN(C(=O)N2CC(C)C(C(=O)O)C2)C1. The highest BCUT2D eigenvalue weighted by Gasteiger charge is 2.39. The molecule has 0 saturated carbocycles. The highest BCUT2D eigenvalue weighted by atomic mass is 16.4. The Bertz CT molecular complexity index is 370. The molecule has 0 aliphatic carbocycles. The van der Waals surface area contributed by atoms with E-state index < -0.39 is 11.9 Å². The first-order valence-corrected chi connectivity index (χ1v) is 7.16. The number of likely N-dealkylation sites (tertiary alicyclic amines) is 2. The van der Waals surface area contributed by atoms with Gasteiger partial charge in [-0.3, -0.25) is 4.79 Å². The maximum Gasteiger partial charge on any atom is 0.320 e. The van der Waals surface area contributed by atoms with E-state index in [2.05, 4.69) is 13.8 Å². The summed E-state index contributed by atoms with van der Waals surface area (Å²) in [6.45, 7) is 8.85. The Kier molecular flexibility index (Phi) is 4.02. The lowest BCUT2D eigenvalue weighted by Gasteiger charge is -2.25. The maximum absolute atomic E-state index is 12.4. The molecule has 2 heterocycles. The van der Waals surface area contributed by atoms with Gasteiger partial charge in [-0.05, 0) is 24.2 Å². The van der Waals surface area contributed by atoms with Crippen molar-refractivity contribution in [1.82, 2.24) is 9.80 Å². The first kappa shape index (κ1) is 14.2. The molecule has 2 aliphatic heterocycles. The molecule has 5 nitrogen and oxygen atoms in total. The first-order chi connectivity index (χ1) is 8.90. The number of carbonyl (C=O) groups is 2. The average molecular weight is 268 g/mol. The molecule has 0 bridgehead atoms. The van der Waals surface area contributed by atoms with Gasteiger partial charge in [-0.15, -0.1) is 0 Å². The van der Waals surface area contributed by atoms with Crippen molar-refractivity contribution in [3.8, 4) is 0 Å². The number of carboxylic acids is 1. The smallest absolute Gasteiger partial charge is 0.320 e. The van der Waals surface area contributed by atoms with Gasteiger partial charge in [0.05, 0.1) is 5.92 Å². The summed E-state index contributed by atoms with van der Waals surface area (Å²) in [6, 6.07) is 0.0266. The quantitative estimate of drug-likeness (QED) is 0.829. The van der Waals surface area contributed by atoms with Gasteiger partial charge in [-0.1, -0.05) is 20.8 Å². The van der Waals surface area contributed by atoms with Crippen molar-refractivity contribution in [2.75, 3.05) is 26.2 Å². The van der Waals surface area contributed by atoms with Gasteiger partial charge in [0, 0.05) is 26.2 Å². The van der Waals surface area contributed by atoms with Gasteiger partial charge in [0.25, 0.3) is 0 Å². The number of hydrogen-bond donors (Lipinski definition) is 1. The van der Waals surface area contributed by atoms with Gasteiger partial charge >= 0.3 is 12.0 Å². The third kappa shape index (κ3) is 2.85. The van der Waals surface area contributed by atoms with E-state index in [1.807, 2.05) is 11.8 Å². The fourth-order valence-electron chi connectivity index (χ4n) is 3.15. The number of urea groups is 1. The number of nitrogens with zero attached hydrogens (tertiary/aromatic N) is 2. The largest absolute Gasteiger partial charge is 0.481 e. The summed E-state index contributed by atoms with van der Waals surface area (Å²) < 4.78 is 0. The minimum absolute atomic E-state index is 0.0266. The van der Waals surface area contributed by atoms with Crippen LogP contribution in [-0.2, 0) is 4.79 Å². The van der Waals surface area contributed by atoms with Crippen LogP contribution in [0.25, 0.3) is 0 Å². The van der Waals surface area contributed by atoms with E-state index in [1.165, 1.54) is 0 Å². The highest BCUT2D eigenvalue weighted by Crippen LogP contribution is 2.28. The first-order valence-electron chi connectivity index (χ1n) is 7.16. The second kappa shape index (κ2) is 5.39. The Morgan fingerprint density at radius 2 is 1.84 bits per heavy atom. The van der Waals surface area contributed by atoms with Crippen LogP contribution in [-0.4, -0.2) is 53.1 Å². The summed E-state index contributed by atoms with van der Waals surface area (Å²) in [5.41, 5.74) is 0. The van der Waals surface area contributed by atoms with Crippen LogP contribution >= 0.6 is 0 Å². The van der Waals surface area contributed by atoms with E-state index in [4.69, 9.17) is 5.11 Å². The van der Waals surface area contributed by atoms with Crippen LogP contribution in [0.5, 0.6) is 0 Å². The second-order valence-corrected chi connectivity index (χ2v) is 6.35. The molecule has 0 spiro atoms. The molecule has 2 fully saturated rings. The van der Waals surface area contributed by atoms with Crippen molar-refractivity contribution < 1.29 is 14.7 Å². The van der Waals surface area contributed by atoms with Gasteiger partial charge in [-0.2, -0.15) is 0 Å². The Morgan fingerprint density at radius 3 is 2.32 bits per heavy atom. The Morgan fingerprint density at radius 1 is 1.16 bits per heavy atom. The summed E-state index contributed by atoms with van der Waals surface area (Å²) in [7, 11) is 0. The topological polar surface area (TPSA) is 60.9 Å². The van der Waals surface area contributed by atoms with Gasteiger partial charge < -0.3 is 14.9 Å². The van der Waals surface area contributed by atoms with Crippen LogP contribution in [0.3, 0.4) is 0 Å². The minimum Gasteiger partial charge on any atom is -0.481 e. The summed E-state index contributed by atoms with van der Waals surface area (Å²) in [6.07, 6.45) is 1.06. The van der Waals surface area contributed by atoms with Crippen LogP contribution < -0.4 is 0 Å². The van der Waals surface area contributed by atoms with Crippen molar-refractivity contribution >= 4 is 12.0 Å². The third-order valence-electron chi connectivity index (χ3n) is 4.64. The predicted octanol–water partition coefficient (Wildman–Crippen LogP) is 1.74. The summed E-state index contributed by atoms with van der Waals surface area (Å²) in [4.78, 5) is 27.1. The second-order valence-electron chi connectivity index (χ2n) is 6.35. The molecule has 0 aromatic rings. The normalized spacial score (nSPS) is 31.3. The standard InChI is InChI=1S/C14H24N2O3/c1-9(2)11-4-5-15(7-11)14(19)16-6-10(3)12(8-16)13(17)18/h9-12H,4-8H2,1-3H3,(H,17,18). The summed E-state index contributed by atoms with van der Waals surface area (Å²) in [5.74, 6) is 0.0305. The highest BCUT2D eigenvalue weighted by molar-refractivity contribution is 5.78. The van der Waals surface area contributed by atoms with Gasteiger partial charge in [0.1, 0.15) is 0 Å². The lowest BCUT2D eigenvalue weighted by molar-refractivity contribution is -0.142. The molecule has 1 N–H and O–H groups in total. The molecule has 0 aromatic carbocycles. The Hall–Kier alpha value is -1.26. The van der Waals surface area contributed by atoms with Crippen molar-refractivity contribution in [2.45, 2.75) is 27.2 Å². The van der Waals surface area contributed by atoms with Crippen molar-refractivity contribution in [2.24, 2.45) is 23.7 Å². The van der Waals surface area contributed by atoms with Crippen LogP contribution in [0.1, 0.15) is 27.2 Å². The van der Waals surface area contributed by atoms with Crippen LogP contribution in [0.2, 0.25) is 0 Å². The van der Waals surface area contributed by atoms with Crippen molar-refractivity contribution in [3.05, 3.63) is 0 Å². The number of carboxylic acid groups (broad SMARTS) is 1. The molecule has 3 unspecified atom stereocenters. The van der Waals surface area contributed by atoms with E-state index in [1.54, 1.807) is 4.90 Å². The summed E-state index contributed by atoms with van der Waals surface area (Å²) in [5, 5.41) is 9.11. The zero-order valence-electron chi connectivity index (χ0n) is 12.0. The molecule has 0 radical (unpaired) electrons.